The average molecular weight is 200 g/mol. The summed E-state index contributed by atoms with van der Waals surface area (Å²) in [5.74, 6) is -0.0647. The highest BCUT2D eigenvalue weighted by atomic mass is 16.5. The van der Waals surface area contributed by atoms with Gasteiger partial charge in [-0.2, -0.15) is 0 Å². The second-order valence-corrected chi connectivity index (χ2v) is 3.46. The standard InChI is InChI=1S/C11H20O3/c1-5-10(14-4)11(13)9(3)6-8(2)7-12/h5-6,9-13H,1,7H2,2-4H3/b8-6-/t9-,10+,11?/m1/s1. The molecular weight excluding hydrogens is 180 g/mol. The van der Waals surface area contributed by atoms with Gasteiger partial charge >= 0.3 is 0 Å². The van der Waals surface area contributed by atoms with E-state index in [2.05, 4.69) is 6.58 Å². The zero-order valence-corrected chi connectivity index (χ0v) is 9.10. The number of aliphatic hydroxyl groups excluding tert-OH is 2. The van der Waals surface area contributed by atoms with Crippen LogP contribution in [0.2, 0.25) is 0 Å². The molecule has 3 nitrogen and oxygen atoms in total. The lowest BCUT2D eigenvalue weighted by molar-refractivity contribution is -0.00161. The minimum Gasteiger partial charge on any atom is -0.392 e. The first-order valence-electron chi connectivity index (χ1n) is 4.68. The van der Waals surface area contributed by atoms with E-state index in [0.717, 1.165) is 5.57 Å². The van der Waals surface area contributed by atoms with E-state index in [-0.39, 0.29) is 18.6 Å². The molecule has 0 aromatic heterocycles. The third-order valence-electron chi connectivity index (χ3n) is 2.18. The van der Waals surface area contributed by atoms with E-state index in [1.54, 1.807) is 6.08 Å². The second kappa shape index (κ2) is 6.76. The van der Waals surface area contributed by atoms with Crippen molar-refractivity contribution >= 4 is 0 Å². The van der Waals surface area contributed by atoms with Crippen LogP contribution in [0.15, 0.2) is 24.3 Å². The van der Waals surface area contributed by atoms with Crippen molar-refractivity contribution in [1.82, 2.24) is 0 Å². The number of ether oxygens (including phenoxy) is 1. The molecule has 0 spiro atoms. The molecule has 3 heteroatoms. The van der Waals surface area contributed by atoms with Crippen molar-refractivity contribution < 1.29 is 14.9 Å². The number of rotatable bonds is 6. The van der Waals surface area contributed by atoms with Crippen molar-refractivity contribution in [2.24, 2.45) is 5.92 Å². The molecule has 0 radical (unpaired) electrons. The highest BCUT2D eigenvalue weighted by Crippen LogP contribution is 2.13. The molecular formula is C11H20O3. The Balaban J connectivity index is 4.36. The van der Waals surface area contributed by atoms with Gasteiger partial charge in [-0.3, -0.25) is 0 Å². The average Bonchev–Trinajstić information content (AvgIpc) is 2.19. The van der Waals surface area contributed by atoms with Crippen LogP contribution in [0.25, 0.3) is 0 Å². The maximum Gasteiger partial charge on any atom is 0.101 e. The van der Waals surface area contributed by atoms with Crippen molar-refractivity contribution in [1.29, 1.82) is 0 Å². The quantitative estimate of drug-likeness (QED) is 0.632. The summed E-state index contributed by atoms with van der Waals surface area (Å²) < 4.78 is 5.04. The van der Waals surface area contributed by atoms with E-state index in [9.17, 15) is 5.11 Å². The summed E-state index contributed by atoms with van der Waals surface area (Å²) in [4.78, 5) is 0. The summed E-state index contributed by atoms with van der Waals surface area (Å²) in [7, 11) is 1.53. The number of methoxy groups -OCH3 is 1. The highest BCUT2D eigenvalue weighted by molar-refractivity contribution is 5.04. The maximum atomic E-state index is 9.80. The molecule has 14 heavy (non-hydrogen) atoms. The van der Waals surface area contributed by atoms with E-state index in [1.807, 2.05) is 19.9 Å². The monoisotopic (exact) mass is 200 g/mol. The summed E-state index contributed by atoms with van der Waals surface area (Å²) >= 11 is 0. The zero-order chi connectivity index (χ0) is 11.1. The first-order valence-corrected chi connectivity index (χ1v) is 4.68. The van der Waals surface area contributed by atoms with Gasteiger partial charge in [-0.1, -0.05) is 24.6 Å². The Morgan fingerprint density at radius 1 is 1.57 bits per heavy atom. The van der Waals surface area contributed by atoms with Gasteiger partial charge < -0.3 is 14.9 Å². The first kappa shape index (κ1) is 13.4. The molecule has 82 valence electrons. The van der Waals surface area contributed by atoms with Crippen molar-refractivity contribution in [3.8, 4) is 0 Å². The lowest BCUT2D eigenvalue weighted by Crippen LogP contribution is -2.31. The highest BCUT2D eigenvalue weighted by Gasteiger charge is 2.20. The second-order valence-electron chi connectivity index (χ2n) is 3.46. The van der Waals surface area contributed by atoms with Crippen LogP contribution in [0.5, 0.6) is 0 Å². The van der Waals surface area contributed by atoms with Gasteiger partial charge in [0, 0.05) is 13.0 Å². The van der Waals surface area contributed by atoms with Crippen LogP contribution in [-0.2, 0) is 4.74 Å². The Bertz CT molecular complexity index is 199. The summed E-state index contributed by atoms with van der Waals surface area (Å²) in [5, 5.41) is 18.6. The Labute approximate surface area is 85.7 Å². The number of aliphatic hydroxyl groups is 2. The summed E-state index contributed by atoms with van der Waals surface area (Å²) in [6.45, 7) is 7.29. The third kappa shape index (κ3) is 4.05. The van der Waals surface area contributed by atoms with Gasteiger partial charge in [0.25, 0.3) is 0 Å². The molecule has 0 saturated heterocycles. The zero-order valence-electron chi connectivity index (χ0n) is 9.10. The van der Waals surface area contributed by atoms with Crippen molar-refractivity contribution in [2.75, 3.05) is 13.7 Å². The van der Waals surface area contributed by atoms with Gasteiger partial charge in [-0.15, -0.1) is 6.58 Å². The Hall–Kier alpha value is -0.640. The largest absolute Gasteiger partial charge is 0.392 e. The molecule has 0 aliphatic rings. The lowest BCUT2D eigenvalue weighted by Gasteiger charge is -2.22. The van der Waals surface area contributed by atoms with Crippen LogP contribution in [0.3, 0.4) is 0 Å². The third-order valence-corrected chi connectivity index (χ3v) is 2.18. The van der Waals surface area contributed by atoms with E-state index in [0.29, 0.717) is 0 Å². The molecule has 0 amide bonds. The van der Waals surface area contributed by atoms with Crippen LogP contribution in [0.4, 0.5) is 0 Å². The molecule has 0 bridgehead atoms. The topological polar surface area (TPSA) is 49.7 Å². The summed E-state index contributed by atoms with van der Waals surface area (Å²) in [6.07, 6.45) is 2.41. The Morgan fingerprint density at radius 3 is 2.50 bits per heavy atom. The Kier molecular flexibility index (Phi) is 6.45. The molecule has 3 atom stereocenters. The van der Waals surface area contributed by atoms with E-state index in [1.165, 1.54) is 7.11 Å². The van der Waals surface area contributed by atoms with Crippen molar-refractivity contribution in [2.45, 2.75) is 26.1 Å². The SMILES string of the molecule is C=C[C@H](OC)C(O)[C@H](C)/C=C(/C)CO. The molecule has 2 N–H and O–H groups in total. The smallest absolute Gasteiger partial charge is 0.101 e. The Morgan fingerprint density at radius 2 is 2.14 bits per heavy atom. The number of hydrogen-bond acceptors (Lipinski definition) is 3. The van der Waals surface area contributed by atoms with E-state index in [4.69, 9.17) is 9.84 Å². The molecule has 0 aromatic carbocycles. The van der Waals surface area contributed by atoms with Crippen LogP contribution in [-0.4, -0.2) is 36.1 Å². The van der Waals surface area contributed by atoms with Crippen molar-refractivity contribution in [3.63, 3.8) is 0 Å². The fourth-order valence-corrected chi connectivity index (χ4v) is 1.27. The summed E-state index contributed by atoms with van der Waals surface area (Å²) in [6, 6.07) is 0. The van der Waals surface area contributed by atoms with Crippen molar-refractivity contribution in [3.05, 3.63) is 24.3 Å². The molecule has 0 heterocycles. The van der Waals surface area contributed by atoms with Gasteiger partial charge in [0.1, 0.15) is 6.10 Å². The predicted molar refractivity (Wildman–Crippen MR) is 57.0 cm³/mol. The molecule has 0 rings (SSSR count). The molecule has 0 fully saturated rings. The van der Waals surface area contributed by atoms with Gasteiger partial charge in [0.05, 0.1) is 12.7 Å². The van der Waals surface area contributed by atoms with Crippen LogP contribution < -0.4 is 0 Å². The molecule has 0 aliphatic heterocycles. The van der Waals surface area contributed by atoms with Gasteiger partial charge in [0.2, 0.25) is 0 Å². The van der Waals surface area contributed by atoms with E-state index >= 15 is 0 Å². The summed E-state index contributed by atoms with van der Waals surface area (Å²) in [5.41, 5.74) is 0.843. The van der Waals surface area contributed by atoms with Crippen LogP contribution in [0, 0.1) is 5.92 Å². The fourth-order valence-electron chi connectivity index (χ4n) is 1.27. The van der Waals surface area contributed by atoms with E-state index < -0.39 is 6.10 Å². The first-order chi connectivity index (χ1) is 6.56. The van der Waals surface area contributed by atoms with Crippen LogP contribution >= 0.6 is 0 Å². The minimum atomic E-state index is -0.626. The molecule has 1 unspecified atom stereocenters. The van der Waals surface area contributed by atoms with Gasteiger partial charge in [0.15, 0.2) is 0 Å². The lowest BCUT2D eigenvalue weighted by atomic mass is 9.97. The predicted octanol–water partition coefficient (Wildman–Crippen LogP) is 1.12. The minimum absolute atomic E-state index is 0.0167. The van der Waals surface area contributed by atoms with Gasteiger partial charge in [-0.05, 0) is 6.92 Å². The van der Waals surface area contributed by atoms with Gasteiger partial charge in [-0.25, -0.2) is 0 Å². The molecule has 0 saturated carbocycles. The normalized spacial score (nSPS) is 18.8. The number of hydrogen-bond donors (Lipinski definition) is 2. The fraction of sp³-hybridized carbons (Fsp3) is 0.636. The molecule has 0 aliphatic carbocycles. The van der Waals surface area contributed by atoms with Crippen LogP contribution in [0.1, 0.15) is 13.8 Å². The maximum absolute atomic E-state index is 9.80. The molecule has 0 aromatic rings.